The monoisotopic (exact) mass is 170 g/mol. The molecular weight excluding hydrogens is 160 g/mol. The zero-order valence-electron chi connectivity index (χ0n) is 6.32. The summed E-state index contributed by atoms with van der Waals surface area (Å²) in [7, 11) is 0. The van der Waals surface area contributed by atoms with Crippen molar-refractivity contribution in [3.8, 4) is 5.88 Å². The maximum absolute atomic E-state index is 10.8. The number of nitrogens with one attached hydrogen (secondary N) is 1. The second-order valence-corrected chi connectivity index (χ2v) is 2.45. The Hall–Kier alpha value is -1.33. The summed E-state index contributed by atoms with van der Waals surface area (Å²) in [4.78, 5) is 12.9. The largest absolute Gasteiger partial charge is 0.495 e. The van der Waals surface area contributed by atoms with Crippen LogP contribution in [0.15, 0.2) is 16.9 Å². The number of aromatic amines is 1. The number of H-pyrrole nitrogens is 1. The van der Waals surface area contributed by atoms with Crippen molar-refractivity contribution in [3.05, 3.63) is 28.0 Å². The molecule has 0 spiro atoms. The van der Waals surface area contributed by atoms with Gasteiger partial charge in [0.15, 0.2) is 5.88 Å². The first-order valence-corrected chi connectivity index (χ1v) is 3.43. The average molecular weight is 170 g/mol. The van der Waals surface area contributed by atoms with Crippen molar-refractivity contribution in [1.29, 1.82) is 0 Å². The summed E-state index contributed by atoms with van der Waals surface area (Å²) in [6.45, 7) is -0.261. The van der Waals surface area contributed by atoms with Gasteiger partial charge in [-0.05, 0) is 5.56 Å². The fraction of sp³-hybridized carbons (Fsp3) is 0.286. The van der Waals surface area contributed by atoms with Crippen LogP contribution in [-0.2, 0) is 0 Å². The van der Waals surface area contributed by atoms with Gasteiger partial charge in [0, 0.05) is 12.1 Å². The number of aliphatic hydroxyl groups excluding tert-OH is 1. The van der Waals surface area contributed by atoms with Gasteiger partial charge in [-0.1, -0.05) is 0 Å². The molecular formula is C7H10N2O3. The van der Waals surface area contributed by atoms with Crippen molar-refractivity contribution in [2.45, 2.75) is 6.04 Å². The quantitative estimate of drug-likeness (QED) is 0.461. The summed E-state index contributed by atoms with van der Waals surface area (Å²) >= 11 is 0. The van der Waals surface area contributed by atoms with E-state index < -0.39 is 11.6 Å². The molecule has 5 heteroatoms. The molecule has 1 heterocycles. The van der Waals surface area contributed by atoms with Gasteiger partial charge in [0.2, 0.25) is 0 Å². The lowest BCUT2D eigenvalue weighted by molar-refractivity contribution is 0.267. The van der Waals surface area contributed by atoms with Gasteiger partial charge in [0.25, 0.3) is 5.56 Å². The van der Waals surface area contributed by atoms with Crippen LogP contribution >= 0.6 is 0 Å². The van der Waals surface area contributed by atoms with Crippen LogP contribution in [0.25, 0.3) is 0 Å². The van der Waals surface area contributed by atoms with Crippen molar-refractivity contribution in [3.63, 3.8) is 0 Å². The highest BCUT2D eigenvalue weighted by atomic mass is 16.3. The Morgan fingerprint density at radius 2 is 2.25 bits per heavy atom. The number of aliphatic hydroxyl groups is 1. The summed E-state index contributed by atoms with van der Waals surface area (Å²) in [6, 6.07) is 1.92. The Kier molecular flexibility index (Phi) is 2.47. The van der Waals surface area contributed by atoms with Gasteiger partial charge in [-0.3, -0.25) is 9.78 Å². The van der Waals surface area contributed by atoms with Crippen LogP contribution in [0, 0.1) is 0 Å². The molecule has 0 aliphatic rings. The molecule has 0 amide bonds. The first-order valence-electron chi connectivity index (χ1n) is 3.43. The summed E-state index contributed by atoms with van der Waals surface area (Å²) in [6.07, 6.45) is 0. The molecule has 0 aliphatic carbocycles. The molecule has 1 aromatic heterocycles. The molecule has 0 unspecified atom stereocenters. The minimum atomic E-state index is -0.627. The highest BCUT2D eigenvalue weighted by Gasteiger charge is 2.05. The lowest BCUT2D eigenvalue weighted by atomic mass is 10.1. The lowest BCUT2D eigenvalue weighted by Gasteiger charge is -2.07. The van der Waals surface area contributed by atoms with E-state index >= 15 is 0 Å². The zero-order valence-corrected chi connectivity index (χ0v) is 6.32. The summed E-state index contributed by atoms with van der Waals surface area (Å²) in [5.41, 5.74) is 5.40. The molecule has 5 nitrogen and oxygen atoms in total. The first kappa shape index (κ1) is 8.76. The predicted molar refractivity (Wildman–Crippen MR) is 42.7 cm³/mol. The van der Waals surface area contributed by atoms with E-state index in [9.17, 15) is 4.79 Å². The van der Waals surface area contributed by atoms with Crippen molar-refractivity contribution < 1.29 is 10.2 Å². The highest BCUT2D eigenvalue weighted by molar-refractivity contribution is 5.22. The first-order chi connectivity index (χ1) is 5.63. The predicted octanol–water partition coefficient (Wildman–Crippen LogP) is -0.927. The van der Waals surface area contributed by atoms with E-state index in [0.29, 0.717) is 5.56 Å². The van der Waals surface area contributed by atoms with Crippen molar-refractivity contribution in [2.75, 3.05) is 6.61 Å². The third-order valence-corrected chi connectivity index (χ3v) is 1.48. The van der Waals surface area contributed by atoms with E-state index in [1.54, 1.807) is 0 Å². The Labute approximate surface area is 68.5 Å². The minimum Gasteiger partial charge on any atom is -0.495 e. The van der Waals surface area contributed by atoms with Crippen LogP contribution in [0.2, 0.25) is 0 Å². The van der Waals surface area contributed by atoms with Crippen LogP contribution in [0.3, 0.4) is 0 Å². The molecule has 0 saturated heterocycles. The molecule has 0 saturated carbocycles. The van der Waals surface area contributed by atoms with Gasteiger partial charge in [0.05, 0.1) is 12.6 Å². The molecule has 12 heavy (non-hydrogen) atoms. The number of aromatic hydroxyl groups is 1. The standard InChI is InChI=1S/C7H10N2O3/c8-5(3-10)4-1-6(11)9-7(12)2-4/h1-2,5,10H,3,8H2,(H2,9,11,12)/t5-/m0/s1. The topological polar surface area (TPSA) is 99.3 Å². The van der Waals surface area contributed by atoms with E-state index in [2.05, 4.69) is 4.98 Å². The SMILES string of the molecule is N[C@@H](CO)c1cc(O)[nH]c(=O)c1. The molecule has 66 valence electrons. The molecule has 0 radical (unpaired) electrons. The maximum Gasteiger partial charge on any atom is 0.251 e. The molecule has 0 aliphatic heterocycles. The van der Waals surface area contributed by atoms with E-state index in [1.165, 1.54) is 12.1 Å². The zero-order chi connectivity index (χ0) is 9.14. The Bertz CT molecular complexity index is 321. The maximum atomic E-state index is 10.8. The van der Waals surface area contributed by atoms with E-state index in [1.807, 2.05) is 0 Å². The fourth-order valence-electron chi connectivity index (χ4n) is 0.869. The van der Waals surface area contributed by atoms with Crippen LogP contribution in [-0.4, -0.2) is 21.8 Å². The third kappa shape index (κ3) is 1.84. The van der Waals surface area contributed by atoms with Crippen LogP contribution in [0.1, 0.15) is 11.6 Å². The van der Waals surface area contributed by atoms with Crippen LogP contribution in [0.5, 0.6) is 5.88 Å². The van der Waals surface area contributed by atoms with Gasteiger partial charge < -0.3 is 15.9 Å². The molecule has 1 aromatic rings. The smallest absolute Gasteiger partial charge is 0.251 e. The van der Waals surface area contributed by atoms with E-state index in [4.69, 9.17) is 15.9 Å². The van der Waals surface area contributed by atoms with Crippen molar-refractivity contribution >= 4 is 0 Å². The van der Waals surface area contributed by atoms with Gasteiger partial charge in [-0.15, -0.1) is 0 Å². The number of hydrogen-bond donors (Lipinski definition) is 4. The molecule has 0 fully saturated rings. The number of hydrogen-bond acceptors (Lipinski definition) is 4. The van der Waals surface area contributed by atoms with Crippen molar-refractivity contribution in [2.24, 2.45) is 5.73 Å². The fourth-order valence-corrected chi connectivity index (χ4v) is 0.869. The Balaban J connectivity index is 3.08. The van der Waals surface area contributed by atoms with E-state index in [-0.39, 0.29) is 12.5 Å². The summed E-state index contributed by atoms with van der Waals surface area (Å²) in [5, 5.41) is 17.6. The molecule has 0 bridgehead atoms. The second kappa shape index (κ2) is 3.38. The highest BCUT2D eigenvalue weighted by Crippen LogP contribution is 2.10. The van der Waals surface area contributed by atoms with Crippen LogP contribution in [0.4, 0.5) is 0 Å². The Morgan fingerprint density at radius 1 is 1.58 bits per heavy atom. The van der Waals surface area contributed by atoms with Gasteiger partial charge in [-0.2, -0.15) is 0 Å². The van der Waals surface area contributed by atoms with Crippen LogP contribution < -0.4 is 11.3 Å². The molecule has 5 N–H and O–H groups in total. The number of aromatic nitrogens is 1. The minimum absolute atomic E-state index is 0.249. The molecule has 1 atom stereocenters. The molecule has 0 aromatic carbocycles. The summed E-state index contributed by atoms with van der Waals surface area (Å²) < 4.78 is 0. The third-order valence-electron chi connectivity index (χ3n) is 1.48. The average Bonchev–Trinajstić information content (AvgIpc) is 2.01. The van der Waals surface area contributed by atoms with Gasteiger partial charge in [-0.25, -0.2) is 0 Å². The number of rotatable bonds is 2. The summed E-state index contributed by atoms with van der Waals surface area (Å²) in [5.74, 6) is -0.249. The Morgan fingerprint density at radius 3 is 2.75 bits per heavy atom. The van der Waals surface area contributed by atoms with E-state index in [0.717, 1.165) is 0 Å². The van der Waals surface area contributed by atoms with Gasteiger partial charge in [0.1, 0.15) is 0 Å². The van der Waals surface area contributed by atoms with Crippen molar-refractivity contribution in [1.82, 2.24) is 4.98 Å². The number of pyridine rings is 1. The second-order valence-electron chi connectivity index (χ2n) is 2.45. The number of nitrogens with two attached hydrogens (primary N) is 1. The van der Waals surface area contributed by atoms with Gasteiger partial charge >= 0.3 is 0 Å². The normalized spacial score (nSPS) is 12.8. The lowest BCUT2D eigenvalue weighted by Crippen LogP contribution is -2.17. The molecule has 1 rings (SSSR count).